The minimum Gasteiger partial charge on any atom is -0.497 e. The Kier molecular flexibility index (Phi) is 5.17. The van der Waals surface area contributed by atoms with E-state index < -0.39 is 6.10 Å². The number of hydrogen-bond donors (Lipinski definition) is 2. The second kappa shape index (κ2) is 7.09. The van der Waals surface area contributed by atoms with Gasteiger partial charge in [0.15, 0.2) is 0 Å². The fourth-order valence-electron chi connectivity index (χ4n) is 2.12. The summed E-state index contributed by atoms with van der Waals surface area (Å²) in [5.41, 5.74) is 3.56. The van der Waals surface area contributed by atoms with Crippen molar-refractivity contribution in [2.45, 2.75) is 20.0 Å². The van der Waals surface area contributed by atoms with E-state index in [1.165, 1.54) is 0 Å². The fraction of sp³-hybridized carbons (Fsp3) is 0.278. The summed E-state index contributed by atoms with van der Waals surface area (Å²) in [6, 6.07) is 12.7. The van der Waals surface area contributed by atoms with E-state index in [1.807, 2.05) is 26.0 Å². The van der Waals surface area contributed by atoms with Crippen LogP contribution in [-0.2, 0) is 0 Å². The average Bonchev–Trinajstić information content (AvgIpc) is 2.54. The van der Waals surface area contributed by atoms with Gasteiger partial charge < -0.3 is 15.2 Å². The van der Waals surface area contributed by atoms with Crippen LogP contribution in [0.4, 0.5) is 0 Å². The number of aliphatic hydroxyl groups excluding tert-OH is 1. The Morgan fingerprint density at radius 2 is 1.82 bits per heavy atom. The highest BCUT2D eigenvalue weighted by atomic mass is 16.5. The largest absolute Gasteiger partial charge is 0.497 e. The molecule has 2 aromatic rings. The molecule has 4 heteroatoms. The third-order valence-electron chi connectivity index (χ3n) is 3.73. The molecule has 0 saturated heterocycles. The van der Waals surface area contributed by atoms with Crippen molar-refractivity contribution in [2.75, 3.05) is 13.7 Å². The van der Waals surface area contributed by atoms with Crippen LogP contribution in [0.15, 0.2) is 42.5 Å². The molecular weight excluding hydrogens is 278 g/mol. The SMILES string of the molecule is COc1ccc([C@@H](O)CNC(=O)c2ccc(C)c(C)c2)cc1. The highest BCUT2D eigenvalue weighted by Gasteiger charge is 2.11. The summed E-state index contributed by atoms with van der Waals surface area (Å²) in [6.07, 6.45) is -0.749. The van der Waals surface area contributed by atoms with E-state index in [0.717, 1.165) is 22.4 Å². The molecule has 0 heterocycles. The van der Waals surface area contributed by atoms with Gasteiger partial charge in [-0.05, 0) is 54.8 Å². The van der Waals surface area contributed by atoms with Gasteiger partial charge in [0.1, 0.15) is 5.75 Å². The smallest absolute Gasteiger partial charge is 0.251 e. The Bertz CT molecular complexity index is 650. The molecule has 0 fully saturated rings. The monoisotopic (exact) mass is 299 g/mol. The molecule has 0 radical (unpaired) electrons. The number of benzene rings is 2. The summed E-state index contributed by atoms with van der Waals surface area (Å²) in [6.45, 7) is 4.14. The van der Waals surface area contributed by atoms with Crippen molar-refractivity contribution in [3.8, 4) is 5.75 Å². The van der Waals surface area contributed by atoms with Gasteiger partial charge in [0.05, 0.1) is 13.2 Å². The van der Waals surface area contributed by atoms with E-state index in [0.29, 0.717) is 5.56 Å². The normalized spacial score (nSPS) is 11.8. The number of ether oxygens (including phenoxy) is 1. The number of hydrogen-bond acceptors (Lipinski definition) is 3. The summed E-state index contributed by atoms with van der Waals surface area (Å²) in [5, 5.41) is 12.9. The minimum absolute atomic E-state index is 0.165. The lowest BCUT2D eigenvalue weighted by atomic mass is 10.1. The molecule has 116 valence electrons. The van der Waals surface area contributed by atoms with E-state index >= 15 is 0 Å². The molecule has 2 N–H and O–H groups in total. The first-order valence-electron chi connectivity index (χ1n) is 7.18. The molecule has 0 aliphatic carbocycles. The predicted octanol–water partition coefficient (Wildman–Crippen LogP) is 2.78. The topological polar surface area (TPSA) is 58.6 Å². The van der Waals surface area contributed by atoms with Crippen LogP contribution in [-0.4, -0.2) is 24.7 Å². The highest BCUT2D eigenvalue weighted by Crippen LogP contribution is 2.17. The lowest BCUT2D eigenvalue weighted by molar-refractivity contribution is 0.0916. The third-order valence-corrected chi connectivity index (χ3v) is 3.73. The molecule has 2 aromatic carbocycles. The second-order valence-corrected chi connectivity index (χ2v) is 5.30. The standard InChI is InChI=1S/C18H21NO3/c1-12-4-5-15(10-13(12)2)18(21)19-11-17(20)14-6-8-16(22-3)9-7-14/h4-10,17,20H,11H2,1-3H3,(H,19,21)/t17-/m0/s1. The van der Waals surface area contributed by atoms with E-state index in [2.05, 4.69) is 5.32 Å². The number of aliphatic hydroxyl groups is 1. The van der Waals surface area contributed by atoms with Gasteiger partial charge in [-0.1, -0.05) is 18.2 Å². The minimum atomic E-state index is -0.749. The predicted molar refractivity (Wildman–Crippen MR) is 86.2 cm³/mol. The van der Waals surface area contributed by atoms with Gasteiger partial charge in [-0.15, -0.1) is 0 Å². The quantitative estimate of drug-likeness (QED) is 0.892. The molecule has 0 aliphatic heterocycles. The molecule has 0 aliphatic rings. The number of nitrogens with one attached hydrogen (secondary N) is 1. The lowest BCUT2D eigenvalue weighted by Crippen LogP contribution is -2.28. The molecule has 1 amide bonds. The summed E-state index contributed by atoms with van der Waals surface area (Å²) >= 11 is 0. The van der Waals surface area contributed by atoms with Crippen molar-refractivity contribution in [2.24, 2.45) is 0 Å². The van der Waals surface area contributed by atoms with Crippen LogP contribution < -0.4 is 10.1 Å². The van der Waals surface area contributed by atoms with Crippen LogP contribution in [0.25, 0.3) is 0 Å². The third kappa shape index (κ3) is 3.86. The van der Waals surface area contributed by atoms with Crippen LogP contribution in [0.2, 0.25) is 0 Å². The van der Waals surface area contributed by atoms with Crippen molar-refractivity contribution in [1.29, 1.82) is 0 Å². The number of amides is 1. The number of aryl methyl sites for hydroxylation is 2. The van der Waals surface area contributed by atoms with Crippen molar-refractivity contribution in [1.82, 2.24) is 5.32 Å². The maximum Gasteiger partial charge on any atom is 0.251 e. The van der Waals surface area contributed by atoms with Gasteiger partial charge in [-0.25, -0.2) is 0 Å². The fourth-order valence-corrected chi connectivity index (χ4v) is 2.12. The first-order valence-corrected chi connectivity index (χ1v) is 7.18. The molecule has 0 spiro atoms. The zero-order chi connectivity index (χ0) is 16.1. The maximum absolute atomic E-state index is 12.1. The van der Waals surface area contributed by atoms with Gasteiger partial charge in [-0.2, -0.15) is 0 Å². The molecule has 0 saturated carbocycles. The molecular formula is C18H21NO3. The van der Waals surface area contributed by atoms with Crippen molar-refractivity contribution in [3.63, 3.8) is 0 Å². The molecule has 22 heavy (non-hydrogen) atoms. The van der Waals surface area contributed by atoms with Gasteiger partial charge in [0.25, 0.3) is 5.91 Å². The van der Waals surface area contributed by atoms with E-state index in [9.17, 15) is 9.90 Å². The number of carbonyl (C=O) groups is 1. The van der Waals surface area contributed by atoms with Crippen LogP contribution in [0.5, 0.6) is 5.75 Å². The zero-order valence-electron chi connectivity index (χ0n) is 13.1. The molecule has 0 bridgehead atoms. The van der Waals surface area contributed by atoms with E-state index in [4.69, 9.17) is 4.74 Å². The van der Waals surface area contributed by atoms with Gasteiger partial charge in [-0.3, -0.25) is 4.79 Å². The second-order valence-electron chi connectivity index (χ2n) is 5.30. The van der Waals surface area contributed by atoms with Crippen LogP contribution in [0.3, 0.4) is 0 Å². The van der Waals surface area contributed by atoms with Crippen LogP contribution in [0.1, 0.15) is 33.2 Å². The average molecular weight is 299 g/mol. The summed E-state index contributed by atoms with van der Waals surface area (Å²) in [5.74, 6) is 0.547. The van der Waals surface area contributed by atoms with Crippen molar-refractivity contribution < 1.29 is 14.6 Å². The molecule has 2 rings (SSSR count). The Morgan fingerprint density at radius 1 is 1.14 bits per heavy atom. The Balaban J connectivity index is 1.95. The van der Waals surface area contributed by atoms with Crippen molar-refractivity contribution in [3.05, 3.63) is 64.7 Å². The highest BCUT2D eigenvalue weighted by molar-refractivity contribution is 5.94. The molecule has 1 atom stereocenters. The lowest BCUT2D eigenvalue weighted by Gasteiger charge is -2.13. The Hall–Kier alpha value is -2.33. The van der Waals surface area contributed by atoms with E-state index in [1.54, 1.807) is 37.4 Å². The summed E-state index contributed by atoms with van der Waals surface area (Å²) in [7, 11) is 1.59. The Morgan fingerprint density at radius 3 is 2.41 bits per heavy atom. The number of rotatable bonds is 5. The van der Waals surface area contributed by atoms with Crippen LogP contribution in [0, 0.1) is 13.8 Å². The maximum atomic E-state index is 12.1. The van der Waals surface area contributed by atoms with Gasteiger partial charge in [0.2, 0.25) is 0 Å². The number of methoxy groups -OCH3 is 1. The molecule has 0 aromatic heterocycles. The first-order chi connectivity index (χ1) is 10.5. The number of carbonyl (C=O) groups excluding carboxylic acids is 1. The first kappa shape index (κ1) is 16.0. The zero-order valence-corrected chi connectivity index (χ0v) is 13.1. The van der Waals surface area contributed by atoms with Crippen LogP contribution >= 0.6 is 0 Å². The molecule has 0 unspecified atom stereocenters. The summed E-state index contributed by atoms with van der Waals surface area (Å²) < 4.78 is 5.07. The Labute approximate surface area is 130 Å². The van der Waals surface area contributed by atoms with Crippen molar-refractivity contribution >= 4 is 5.91 Å². The van der Waals surface area contributed by atoms with E-state index in [-0.39, 0.29) is 12.5 Å². The molecule has 4 nitrogen and oxygen atoms in total. The van der Waals surface area contributed by atoms with Gasteiger partial charge in [0, 0.05) is 12.1 Å². The summed E-state index contributed by atoms with van der Waals surface area (Å²) in [4.78, 5) is 12.1. The van der Waals surface area contributed by atoms with Gasteiger partial charge >= 0.3 is 0 Å².